The third-order valence-electron chi connectivity index (χ3n) is 4.29. The molecule has 0 heterocycles. The van der Waals surface area contributed by atoms with E-state index >= 15 is 0 Å². The molecule has 2 atom stereocenters. The van der Waals surface area contributed by atoms with Crippen LogP contribution < -0.4 is 0 Å². The molecule has 1 aromatic carbocycles. The van der Waals surface area contributed by atoms with Crippen molar-refractivity contribution in [3.63, 3.8) is 0 Å². The van der Waals surface area contributed by atoms with Gasteiger partial charge in [-0.15, -0.1) is 0 Å². The molecule has 0 aliphatic heterocycles. The van der Waals surface area contributed by atoms with Gasteiger partial charge in [0.1, 0.15) is 5.78 Å². The van der Waals surface area contributed by atoms with Crippen molar-refractivity contribution >= 4 is 5.78 Å². The summed E-state index contributed by atoms with van der Waals surface area (Å²) in [6.07, 6.45) is 2.30. The number of ketones is 1. The Morgan fingerprint density at radius 1 is 1.23 bits per heavy atom. The fraction of sp³-hybridized carbons (Fsp3) is 0.650. The molecule has 1 N–H and O–H groups in total. The van der Waals surface area contributed by atoms with Crippen LogP contribution in [0.5, 0.6) is 0 Å². The number of rotatable bonds is 7. The molecule has 2 nitrogen and oxygen atoms in total. The molecular weight excluding hydrogens is 272 g/mol. The number of Topliss-reactive ketones (excluding diaryl/α,β-unsaturated/α-hetero) is 1. The van der Waals surface area contributed by atoms with Gasteiger partial charge in [-0.1, -0.05) is 63.9 Å². The summed E-state index contributed by atoms with van der Waals surface area (Å²) in [4.78, 5) is 12.5. The predicted octanol–water partition coefficient (Wildman–Crippen LogP) is 5.03. The molecule has 2 heteroatoms. The summed E-state index contributed by atoms with van der Waals surface area (Å²) in [6, 6.07) is 8.42. The molecular formula is C20H32O2. The molecule has 1 unspecified atom stereocenters. The van der Waals surface area contributed by atoms with E-state index in [2.05, 4.69) is 52.0 Å². The first kappa shape index (κ1) is 18.9. The minimum Gasteiger partial charge on any atom is -0.390 e. The highest BCUT2D eigenvalue weighted by atomic mass is 16.3. The van der Waals surface area contributed by atoms with Crippen molar-refractivity contribution in [1.82, 2.24) is 0 Å². The lowest BCUT2D eigenvalue weighted by Gasteiger charge is -2.32. The fourth-order valence-corrected chi connectivity index (χ4v) is 3.16. The maximum atomic E-state index is 12.5. The summed E-state index contributed by atoms with van der Waals surface area (Å²) in [5.74, 6) is 0.331. The van der Waals surface area contributed by atoms with Crippen LogP contribution >= 0.6 is 0 Å². The Bertz CT molecular complexity index is 495. The molecule has 0 fully saturated rings. The first-order valence-corrected chi connectivity index (χ1v) is 8.36. The van der Waals surface area contributed by atoms with E-state index < -0.39 is 5.60 Å². The molecule has 22 heavy (non-hydrogen) atoms. The van der Waals surface area contributed by atoms with Crippen molar-refractivity contribution in [2.75, 3.05) is 0 Å². The third kappa shape index (κ3) is 5.92. The molecule has 1 rings (SSSR count). The second-order valence-electron chi connectivity index (χ2n) is 8.00. The molecule has 0 aliphatic carbocycles. The summed E-state index contributed by atoms with van der Waals surface area (Å²) < 4.78 is 0. The largest absolute Gasteiger partial charge is 0.390 e. The van der Waals surface area contributed by atoms with E-state index in [1.54, 1.807) is 6.92 Å². The molecule has 0 radical (unpaired) electrons. The summed E-state index contributed by atoms with van der Waals surface area (Å²) in [5, 5.41) is 10.3. The third-order valence-corrected chi connectivity index (χ3v) is 4.29. The first-order chi connectivity index (χ1) is 10.0. The lowest BCUT2D eigenvalue weighted by atomic mass is 9.73. The molecule has 0 aromatic heterocycles. The molecule has 1 aromatic rings. The molecule has 0 aliphatic rings. The fourth-order valence-electron chi connectivity index (χ4n) is 3.16. The highest BCUT2D eigenvalue weighted by molar-refractivity contribution is 5.80. The van der Waals surface area contributed by atoms with Gasteiger partial charge < -0.3 is 5.11 Å². The number of carbonyl (C=O) groups excluding carboxylic acids is 1. The van der Waals surface area contributed by atoms with Gasteiger partial charge in [0.25, 0.3) is 0 Å². The quantitative estimate of drug-likeness (QED) is 0.767. The van der Waals surface area contributed by atoms with Crippen molar-refractivity contribution in [3.8, 4) is 0 Å². The highest BCUT2D eigenvalue weighted by Gasteiger charge is 2.31. The molecule has 0 bridgehead atoms. The Labute approximate surface area is 135 Å². The summed E-state index contributed by atoms with van der Waals surface area (Å²) in [5.41, 5.74) is 1.58. The van der Waals surface area contributed by atoms with Gasteiger partial charge in [0.05, 0.1) is 5.60 Å². The van der Waals surface area contributed by atoms with Crippen LogP contribution in [0.2, 0.25) is 0 Å². The monoisotopic (exact) mass is 304 g/mol. The van der Waals surface area contributed by atoms with Gasteiger partial charge >= 0.3 is 0 Å². The number of benzene rings is 1. The van der Waals surface area contributed by atoms with Crippen LogP contribution in [-0.4, -0.2) is 16.5 Å². The zero-order chi connectivity index (χ0) is 17.0. The van der Waals surface area contributed by atoms with Gasteiger partial charge in [0.2, 0.25) is 0 Å². The van der Waals surface area contributed by atoms with Crippen molar-refractivity contribution in [1.29, 1.82) is 0 Å². The Kier molecular flexibility index (Phi) is 6.37. The van der Waals surface area contributed by atoms with Crippen LogP contribution in [-0.2, 0) is 4.79 Å². The van der Waals surface area contributed by atoms with Crippen molar-refractivity contribution < 1.29 is 9.90 Å². The average molecular weight is 304 g/mol. The maximum absolute atomic E-state index is 12.5. The van der Waals surface area contributed by atoms with Crippen molar-refractivity contribution in [2.45, 2.75) is 78.7 Å². The van der Waals surface area contributed by atoms with Crippen molar-refractivity contribution in [3.05, 3.63) is 35.4 Å². The van der Waals surface area contributed by atoms with E-state index in [4.69, 9.17) is 0 Å². The van der Waals surface area contributed by atoms with E-state index in [1.807, 2.05) is 6.92 Å². The van der Waals surface area contributed by atoms with Gasteiger partial charge in [0.15, 0.2) is 0 Å². The first-order valence-electron chi connectivity index (χ1n) is 8.36. The van der Waals surface area contributed by atoms with E-state index in [-0.39, 0.29) is 23.5 Å². The Morgan fingerprint density at radius 3 is 2.36 bits per heavy atom. The van der Waals surface area contributed by atoms with Crippen LogP contribution in [0.4, 0.5) is 0 Å². The van der Waals surface area contributed by atoms with Crippen LogP contribution in [0, 0.1) is 12.3 Å². The van der Waals surface area contributed by atoms with Gasteiger partial charge in [-0.2, -0.15) is 0 Å². The minimum absolute atomic E-state index is 0.0140. The number of aliphatic hydroxyl groups is 1. The van der Waals surface area contributed by atoms with Gasteiger partial charge in [-0.3, -0.25) is 4.79 Å². The number of carbonyl (C=O) groups is 1. The van der Waals surface area contributed by atoms with Crippen LogP contribution in [0.3, 0.4) is 0 Å². The normalized spacial score (nSPS) is 16.1. The van der Waals surface area contributed by atoms with Crippen LogP contribution in [0.15, 0.2) is 24.3 Å². The van der Waals surface area contributed by atoms with E-state index in [0.29, 0.717) is 12.8 Å². The van der Waals surface area contributed by atoms with E-state index in [1.165, 1.54) is 11.1 Å². The van der Waals surface area contributed by atoms with Crippen LogP contribution in [0.1, 0.15) is 77.3 Å². The molecule has 124 valence electrons. The summed E-state index contributed by atoms with van der Waals surface area (Å²) in [6.45, 7) is 12.4. The lowest BCUT2D eigenvalue weighted by Crippen LogP contribution is -2.30. The van der Waals surface area contributed by atoms with Gasteiger partial charge in [-0.25, -0.2) is 0 Å². The molecule has 0 spiro atoms. The maximum Gasteiger partial charge on any atom is 0.136 e. The standard InChI is InChI=1S/C20H32O2/c1-7-11-20(6,22)14-17(21)13-18(19(3,4)5)16-10-8-9-15(2)12-16/h8-10,12,18,22H,7,11,13-14H2,1-6H3/t18-,20?/m0/s1. The van der Waals surface area contributed by atoms with E-state index in [0.717, 1.165) is 6.42 Å². The van der Waals surface area contributed by atoms with E-state index in [9.17, 15) is 9.90 Å². The summed E-state index contributed by atoms with van der Waals surface area (Å²) in [7, 11) is 0. The molecule has 0 saturated carbocycles. The minimum atomic E-state index is -0.874. The predicted molar refractivity (Wildman–Crippen MR) is 93.1 cm³/mol. The SMILES string of the molecule is CCCC(C)(O)CC(=O)C[C@@H](c1cccc(C)c1)C(C)(C)C. The Hall–Kier alpha value is -1.15. The number of aryl methyl sites for hydroxylation is 1. The Balaban J connectivity index is 2.90. The average Bonchev–Trinajstić information content (AvgIpc) is 2.33. The molecule has 0 saturated heterocycles. The number of hydrogen-bond donors (Lipinski definition) is 1. The second kappa shape index (κ2) is 7.41. The second-order valence-corrected chi connectivity index (χ2v) is 8.00. The zero-order valence-corrected chi connectivity index (χ0v) is 15.1. The zero-order valence-electron chi connectivity index (χ0n) is 15.1. The lowest BCUT2D eigenvalue weighted by molar-refractivity contribution is -0.124. The summed E-state index contributed by atoms with van der Waals surface area (Å²) >= 11 is 0. The van der Waals surface area contributed by atoms with Gasteiger partial charge in [-0.05, 0) is 37.2 Å². The number of hydrogen-bond acceptors (Lipinski definition) is 2. The Morgan fingerprint density at radius 2 is 1.86 bits per heavy atom. The van der Waals surface area contributed by atoms with Crippen molar-refractivity contribution in [2.24, 2.45) is 5.41 Å². The van der Waals surface area contributed by atoms with Gasteiger partial charge in [0, 0.05) is 12.8 Å². The highest BCUT2D eigenvalue weighted by Crippen LogP contribution is 2.39. The van der Waals surface area contributed by atoms with Crippen LogP contribution in [0.25, 0.3) is 0 Å². The topological polar surface area (TPSA) is 37.3 Å². The smallest absolute Gasteiger partial charge is 0.136 e. The molecule has 0 amide bonds.